The summed E-state index contributed by atoms with van der Waals surface area (Å²) in [5, 5.41) is 10.6. The number of non-ortho nitro benzene ring substituents is 1. The highest BCUT2D eigenvalue weighted by atomic mass is 16.6. The summed E-state index contributed by atoms with van der Waals surface area (Å²) in [7, 11) is 0. The van der Waals surface area contributed by atoms with E-state index in [-0.39, 0.29) is 30.2 Å². The van der Waals surface area contributed by atoms with Crippen LogP contribution in [0.3, 0.4) is 0 Å². The average Bonchev–Trinajstić information content (AvgIpc) is 2.76. The van der Waals surface area contributed by atoms with Crippen LogP contribution in [0.5, 0.6) is 0 Å². The Balaban J connectivity index is 1.62. The molecule has 0 saturated carbocycles. The van der Waals surface area contributed by atoms with Gasteiger partial charge >= 0.3 is 5.97 Å². The Morgan fingerprint density at radius 1 is 1.41 bits per heavy atom. The van der Waals surface area contributed by atoms with Crippen molar-refractivity contribution in [2.24, 2.45) is 5.92 Å². The van der Waals surface area contributed by atoms with Crippen LogP contribution in [0, 0.1) is 16.0 Å². The molecule has 0 N–H and O–H groups in total. The Labute approximate surface area is 126 Å². The van der Waals surface area contributed by atoms with Gasteiger partial charge in [-0.2, -0.15) is 0 Å². The Morgan fingerprint density at radius 2 is 2.09 bits per heavy atom. The summed E-state index contributed by atoms with van der Waals surface area (Å²) in [6, 6.07) is 5.86. The summed E-state index contributed by atoms with van der Waals surface area (Å²) in [4.78, 5) is 35.2. The first-order valence-corrected chi connectivity index (χ1v) is 6.91. The van der Waals surface area contributed by atoms with Crippen LogP contribution in [0.1, 0.15) is 18.9 Å². The van der Waals surface area contributed by atoms with Crippen molar-refractivity contribution in [3.05, 3.63) is 51.7 Å². The summed E-state index contributed by atoms with van der Waals surface area (Å²) >= 11 is 0. The van der Waals surface area contributed by atoms with Gasteiger partial charge in [-0.1, -0.05) is 6.92 Å². The van der Waals surface area contributed by atoms with Crippen molar-refractivity contribution in [3.63, 3.8) is 0 Å². The normalized spacial score (nSPS) is 22.7. The van der Waals surface area contributed by atoms with Crippen molar-refractivity contribution in [1.82, 2.24) is 4.90 Å². The number of nitro groups is 1. The number of carbonyl (C=O) groups excluding carboxylic acids is 2. The van der Waals surface area contributed by atoms with Crippen LogP contribution < -0.4 is 0 Å². The standard InChI is InChI=1S/C15H14N2O5/c1-9-6-13(16-12(9)7-14(16)18)15(19)22-8-10-2-4-11(5-3-10)17(20)21/h2-6,9,12H,7-8H2,1H3/t9?,12-/m0/s1. The molecule has 1 aromatic rings. The van der Waals surface area contributed by atoms with Gasteiger partial charge in [-0.3, -0.25) is 14.9 Å². The minimum atomic E-state index is -0.541. The zero-order valence-corrected chi connectivity index (χ0v) is 11.9. The quantitative estimate of drug-likeness (QED) is 0.366. The number of fused-ring (bicyclic) bond motifs is 1. The SMILES string of the molecule is CC1C=C(C(=O)OCc2ccc([N+](=O)[O-])cc2)N2C(=O)C[C@@H]12. The first kappa shape index (κ1) is 14.2. The van der Waals surface area contributed by atoms with Gasteiger partial charge < -0.3 is 9.64 Å². The molecule has 7 heteroatoms. The molecular formula is C15H14N2O5. The third-order valence-electron chi connectivity index (χ3n) is 4.00. The van der Waals surface area contributed by atoms with Crippen LogP contribution >= 0.6 is 0 Å². The first-order valence-electron chi connectivity index (χ1n) is 6.91. The molecule has 0 spiro atoms. The number of nitrogens with zero attached hydrogens (tertiary/aromatic N) is 2. The predicted octanol–water partition coefficient (Wildman–Crippen LogP) is 1.77. The van der Waals surface area contributed by atoms with Gasteiger partial charge in [0.25, 0.3) is 5.69 Å². The lowest BCUT2D eigenvalue weighted by Crippen LogP contribution is -2.51. The van der Waals surface area contributed by atoms with Crippen LogP contribution in [0.2, 0.25) is 0 Å². The van der Waals surface area contributed by atoms with Gasteiger partial charge in [-0.15, -0.1) is 0 Å². The van der Waals surface area contributed by atoms with E-state index in [1.165, 1.54) is 29.2 Å². The molecule has 1 aromatic carbocycles. The first-order chi connectivity index (χ1) is 10.5. The van der Waals surface area contributed by atoms with Gasteiger partial charge in [-0.05, 0) is 29.7 Å². The molecule has 0 bridgehead atoms. The molecule has 1 unspecified atom stereocenters. The molecule has 2 aliphatic heterocycles. The van der Waals surface area contributed by atoms with Gasteiger partial charge in [0.15, 0.2) is 0 Å². The minimum absolute atomic E-state index is 0.00917. The molecule has 114 valence electrons. The fraction of sp³-hybridized carbons (Fsp3) is 0.333. The van der Waals surface area contributed by atoms with E-state index in [4.69, 9.17) is 4.74 Å². The maximum absolute atomic E-state index is 12.1. The smallest absolute Gasteiger partial charge is 0.355 e. The highest BCUT2D eigenvalue weighted by molar-refractivity contribution is 5.98. The Morgan fingerprint density at radius 3 is 2.68 bits per heavy atom. The van der Waals surface area contributed by atoms with Crippen LogP contribution in [-0.4, -0.2) is 27.7 Å². The Hall–Kier alpha value is -2.70. The van der Waals surface area contributed by atoms with Crippen molar-refractivity contribution in [3.8, 4) is 0 Å². The molecule has 3 rings (SSSR count). The highest BCUT2D eigenvalue weighted by Crippen LogP contribution is 2.37. The van der Waals surface area contributed by atoms with Crippen LogP contribution in [-0.2, 0) is 20.9 Å². The fourth-order valence-corrected chi connectivity index (χ4v) is 2.72. The summed E-state index contributed by atoms with van der Waals surface area (Å²) < 4.78 is 5.19. The van der Waals surface area contributed by atoms with E-state index in [0.717, 1.165) is 0 Å². The summed E-state index contributed by atoms with van der Waals surface area (Å²) in [5.74, 6) is -0.451. The van der Waals surface area contributed by atoms with E-state index in [1.807, 2.05) is 6.92 Å². The molecule has 0 aromatic heterocycles. The average molecular weight is 302 g/mol. The minimum Gasteiger partial charge on any atom is -0.456 e. The highest BCUT2D eigenvalue weighted by Gasteiger charge is 2.47. The van der Waals surface area contributed by atoms with Crippen LogP contribution in [0.4, 0.5) is 5.69 Å². The van der Waals surface area contributed by atoms with E-state index < -0.39 is 10.9 Å². The largest absolute Gasteiger partial charge is 0.456 e. The fourth-order valence-electron chi connectivity index (χ4n) is 2.72. The number of esters is 1. The number of hydrogen-bond acceptors (Lipinski definition) is 5. The van der Waals surface area contributed by atoms with E-state index in [2.05, 4.69) is 0 Å². The lowest BCUT2D eigenvalue weighted by Gasteiger charge is -2.37. The number of benzene rings is 1. The molecule has 22 heavy (non-hydrogen) atoms. The van der Waals surface area contributed by atoms with Crippen molar-refractivity contribution >= 4 is 17.6 Å². The predicted molar refractivity (Wildman–Crippen MR) is 75.4 cm³/mol. The monoisotopic (exact) mass is 302 g/mol. The second-order valence-corrected chi connectivity index (χ2v) is 5.45. The summed E-state index contributed by atoms with van der Waals surface area (Å²) in [6.07, 6.45) is 2.23. The Kier molecular flexibility index (Phi) is 3.40. The molecular weight excluding hydrogens is 288 g/mol. The molecule has 1 saturated heterocycles. The van der Waals surface area contributed by atoms with Gasteiger partial charge in [0.2, 0.25) is 5.91 Å². The third kappa shape index (κ3) is 2.34. The number of β-lactam (4-membered cyclic amide) rings is 1. The molecule has 2 aliphatic rings. The van der Waals surface area contributed by atoms with Gasteiger partial charge in [-0.25, -0.2) is 4.79 Å². The Bertz CT molecular complexity index is 680. The zero-order valence-electron chi connectivity index (χ0n) is 11.9. The lowest BCUT2D eigenvalue weighted by molar-refractivity contribution is -0.384. The van der Waals surface area contributed by atoms with Crippen LogP contribution in [0.15, 0.2) is 36.0 Å². The van der Waals surface area contributed by atoms with Crippen molar-refractivity contribution in [2.45, 2.75) is 26.0 Å². The van der Waals surface area contributed by atoms with Gasteiger partial charge in [0, 0.05) is 18.6 Å². The molecule has 0 radical (unpaired) electrons. The molecule has 1 fully saturated rings. The number of rotatable bonds is 4. The maximum atomic E-state index is 12.1. The second-order valence-electron chi connectivity index (χ2n) is 5.45. The number of amides is 1. The number of carbonyl (C=O) groups is 2. The van der Waals surface area contributed by atoms with E-state index in [9.17, 15) is 19.7 Å². The maximum Gasteiger partial charge on any atom is 0.355 e. The number of hydrogen-bond donors (Lipinski definition) is 0. The second kappa shape index (κ2) is 5.25. The summed E-state index contributed by atoms with van der Waals surface area (Å²) in [6.45, 7) is 1.97. The summed E-state index contributed by atoms with van der Waals surface area (Å²) in [5.41, 5.74) is 0.934. The van der Waals surface area contributed by atoms with Crippen molar-refractivity contribution in [2.75, 3.05) is 0 Å². The lowest BCUT2D eigenvalue weighted by atomic mass is 9.94. The number of nitro benzene ring substituents is 1. The van der Waals surface area contributed by atoms with E-state index in [1.54, 1.807) is 6.08 Å². The third-order valence-corrected chi connectivity index (χ3v) is 4.00. The van der Waals surface area contributed by atoms with E-state index >= 15 is 0 Å². The molecule has 1 amide bonds. The number of ether oxygens (including phenoxy) is 1. The molecule has 2 atom stereocenters. The van der Waals surface area contributed by atoms with Gasteiger partial charge in [0.1, 0.15) is 12.3 Å². The van der Waals surface area contributed by atoms with Crippen molar-refractivity contribution < 1.29 is 19.2 Å². The topological polar surface area (TPSA) is 89.8 Å². The zero-order chi connectivity index (χ0) is 15.9. The van der Waals surface area contributed by atoms with E-state index in [0.29, 0.717) is 17.7 Å². The molecule has 2 heterocycles. The van der Waals surface area contributed by atoms with Gasteiger partial charge in [0.05, 0.1) is 11.0 Å². The molecule has 0 aliphatic carbocycles. The molecule has 7 nitrogen and oxygen atoms in total. The van der Waals surface area contributed by atoms with Crippen LogP contribution in [0.25, 0.3) is 0 Å². The van der Waals surface area contributed by atoms with Crippen molar-refractivity contribution in [1.29, 1.82) is 0 Å².